The van der Waals surface area contributed by atoms with Crippen LogP contribution in [0.4, 0.5) is 4.39 Å². The molecule has 7 nitrogen and oxygen atoms in total. The van der Waals surface area contributed by atoms with E-state index >= 15 is 0 Å². The van der Waals surface area contributed by atoms with Gasteiger partial charge in [0.25, 0.3) is 5.91 Å². The summed E-state index contributed by atoms with van der Waals surface area (Å²) in [6.45, 7) is 0.184. The number of hydrogen-bond donors (Lipinski definition) is 1. The average Bonchev–Trinajstić information content (AvgIpc) is 2.42. The molecule has 100 valence electrons. The van der Waals surface area contributed by atoms with E-state index in [2.05, 4.69) is 20.5 Å². The number of oxime groups is 1. The summed E-state index contributed by atoms with van der Waals surface area (Å²) < 4.78 is 12.6. The monoisotopic (exact) mass is 265 g/mol. The van der Waals surface area contributed by atoms with Crippen molar-refractivity contribution >= 4 is 12.1 Å². The molecule has 0 radical (unpaired) electrons. The standard InChI is InChI=1S/C11H12FN5O2/c12-10-3-1-9(2-4-10)7-16-19-8-11(18)14-5-6-15-17-13/h1-4,7H,5-6,8H2,(H,14,18)/b16-7+. The van der Waals surface area contributed by atoms with Crippen molar-refractivity contribution in [3.8, 4) is 0 Å². The minimum absolute atomic E-state index is 0.182. The van der Waals surface area contributed by atoms with Crippen LogP contribution in [0.2, 0.25) is 0 Å². The van der Waals surface area contributed by atoms with Crippen molar-refractivity contribution in [1.82, 2.24) is 5.32 Å². The molecule has 0 aliphatic heterocycles. The van der Waals surface area contributed by atoms with E-state index in [1.165, 1.54) is 30.5 Å². The first-order valence-corrected chi connectivity index (χ1v) is 5.41. The highest BCUT2D eigenvalue weighted by Gasteiger charge is 1.99. The number of rotatable bonds is 7. The lowest BCUT2D eigenvalue weighted by molar-refractivity contribution is -0.125. The number of carbonyl (C=O) groups is 1. The number of hydrogen-bond acceptors (Lipinski definition) is 4. The number of halogens is 1. The molecule has 0 bridgehead atoms. The van der Waals surface area contributed by atoms with Crippen LogP contribution in [0, 0.1) is 5.82 Å². The van der Waals surface area contributed by atoms with Crippen LogP contribution in [0.5, 0.6) is 0 Å². The molecule has 1 aromatic rings. The fourth-order valence-corrected chi connectivity index (χ4v) is 1.08. The zero-order valence-corrected chi connectivity index (χ0v) is 9.99. The predicted octanol–water partition coefficient (Wildman–Crippen LogP) is 1.60. The van der Waals surface area contributed by atoms with Gasteiger partial charge in [0.1, 0.15) is 5.82 Å². The maximum Gasteiger partial charge on any atom is 0.260 e. The molecular formula is C11H12FN5O2. The highest BCUT2D eigenvalue weighted by atomic mass is 19.1. The minimum Gasteiger partial charge on any atom is -0.386 e. The van der Waals surface area contributed by atoms with Crippen LogP contribution in [-0.2, 0) is 9.63 Å². The molecule has 1 amide bonds. The van der Waals surface area contributed by atoms with Crippen LogP contribution in [-0.4, -0.2) is 31.8 Å². The molecule has 19 heavy (non-hydrogen) atoms. The molecule has 8 heteroatoms. The molecule has 0 atom stereocenters. The summed E-state index contributed by atoms with van der Waals surface area (Å²) >= 11 is 0. The highest BCUT2D eigenvalue weighted by Crippen LogP contribution is 1.99. The molecule has 0 unspecified atom stereocenters. The van der Waals surface area contributed by atoms with Crippen molar-refractivity contribution in [1.29, 1.82) is 0 Å². The highest BCUT2D eigenvalue weighted by molar-refractivity contribution is 5.79. The van der Waals surface area contributed by atoms with Crippen molar-refractivity contribution in [2.75, 3.05) is 19.7 Å². The predicted molar refractivity (Wildman–Crippen MR) is 67.0 cm³/mol. The van der Waals surface area contributed by atoms with E-state index in [0.717, 1.165) is 0 Å². The Hall–Kier alpha value is -2.60. The summed E-state index contributed by atoms with van der Waals surface area (Å²) in [7, 11) is 0. The summed E-state index contributed by atoms with van der Waals surface area (Å²) in [5.74, 6) is -0.707. The SMILES string of the molecule is [N-]=[N+]=NCCNC(=O)CO/N=C/c1ccc(F)cc1. The van der Waals surface area contributed by atoms with Crippen LogP contribution in [0.1, 0.15) is 5.56 Å². The Morgan fingerprint density at radius 3 is 2.89 bits per heavy atom. The van der Waals surface area contributed by atoms with Crippen molar-refractivity contribution < 1.29 is 14.0 Å². The lowest BCUT2D eigenvalue weighted by Crippen LogP contribution is -2.29. The summed E-state index contributed by atoms with van der Waals surface area (Å²) in [6, 6.07) is 5.65. The van der Waals surface area contributed by atoms with Crippen molar-refractivity contribution in [3.05, 3.63) is 46.1 Å². The first-order chi connectivity index (χ1) is 9.22. The second-order valence-corrected chi connectivity index (χ2v) is 3.36. The summed E-state index contributed by atoms with van der Waals surface area (Å²) in [4.78, 5) is 18.5. The third kappa shape index (κ3) is 6.64. The number of benzene rings is 1. The first-order valence-electron chi connectivity index (χ1n) is 5.41. The number of amides is 1. The van der Waals surface area contributed by atoms with Crippen LogP contribution in [0.25, 0.3) is 10.4 Å². The van der Waals surface area contributed by atoms with E-state index in [-0.39, 0.29) is 31.4 Å². The summed E-state index contributed by atoms with van der Waals surface area (Å²) in [5.41, 5.74) is 8.67. The van der Waals surface area contributed by atoms with Gasteiger partial charge >= 0.3 is 0 Å². The molecule has 0 aliphatic rings. The Bertz CT molecular complexity index is 482. The van der Waals surface area contributed by atoms with Crippen LogP contribution < -0.4 is 5.32 Å². The Morgan fingerprint density at radius 2 is 2.21 bits per heavy atom. The van der Waals surface area contributed by atoms with Crippen LogP contribution in [0.15, 0.2) is 34.5 Å². The van der Waals surface area contributed by atoms with Gasteiger partial charge in [0, 0.05) is 18.0 Å². The van der Waals surface area contributed by atoms with Gasteiger partial charge in [-0.15, -0.1) is 0 Å². The van der Waals surface area contributed by atoms with Gasteiger partial charge in [-0.05, 0) is 23.2 Å². The zero-order chi connectivity index (χ0) is 13.9. The summed E-state index contributed by atoms with van der Waals surface area (Å²) in [5, 5.41) is 9.29. The van der Waals surface area contributed by atoms with E-state index in [0.29, 0.717) is 5.56 Å². The molecule has 0 saturated heterocycles. The van der Waals surface area contributed by atoms with Gasteiger partial charge in [0.2, 0.25) is 0 Å². The largest absolute Gasteiger partial charge is 0.386 e. The molecule has 0 heterocycles. The zero-order valence-electron chi connectivity index (χ0n) is 9.99. The first kappa shape index (κ1) is 14.5. The molecule has 0 saturated carbocycles. The molecule has 1 N–H and O–H groups in total. The quantitative estimate of drug-likeness (QED) is 0.202. The van der Waals surface area contributed by atoms with E-state index in [1.807, 2.05) is 0 Å². The average molecular weight is 265 g/mol. The van der Waals surface area contributed by atoms with Gasteiger partial charge in [-0.25, -0.2) is 4.39 Å². The molecule has 1 rings (SSSR count). The third-order valence-electron chi connectivity index (χ3n) is 1.94. The van der Waals surface area contributed by atoms with Crippen molar-refractivity contribution in [2.45, 2.75) is 0 Å². The van der Waals surface area contributed by atoms with E-state index in [9.17, 15) is 9.18 Å². The molecule has 0 spiro atoms. The van der Waals surface area contributed by atoms with Crippen LogP contribution in [0.3, 0.4) is 0 Å². The van der Waals surface area contributed by atoms with Gasteiger partial charge in [-0.3, -0.25) is 4.79 Å². The number of azide groups is 1. The lowest BCUT2D eigenvalue weighted by atomic mass is 10.2. The minimum atomic E-state index is -0.371. The second kappa shape index (κ2) is 8.48. The van der Waals surface area contributed by atoms with Gasteiger partial charge in [0.15, 0.2) is 6.61 Å². The smallest absolute Gasteiger partial charge is 0.260 e. The van der Waals surface area contributed by atoms with Gasteiger partial charge in [-0.1, -0.05) is 22.4 Å². The maximum atomic E-state index is 12.6. The Balaban J connectivity index is 2.20. The number of nitrogens with one attached hydrogen (secondary N) is 1. The third-order valence-corrected chi connectivity index (χ3v) is 1.94. The van der Waals surface area contributed by atoms with Crippen molar-refractivity contribution in [3.63, 3.8) is 0 Å². The Morgan fingerprint density at radius 1 is 1.47 bits per heavy atom. The van der Waals surface area contributed by atoms with E-state index in [4.69, 9.17) is 10.4 Å². The van der Waals surface area contributed by atoms with Crippen LogP contribution >= 0.6 is 0 Å². The van der Waals surface area contributed by atoms with E-state index in [1.54, 1.807) is 0 Å². The fourth-order valence-electron chi connectivity index (χ4n) is 1.08. The summed E-state index contributed by atoms with van der Waals surface area (Å²) in [6.07, 6.45) is 1.37. The number of nitrogens with zero attached hydrogens (tertiary/aromatic N) is 4. The maximum absolute atomic E-state index is 12.6. The Labute approximate surface area is 108 Å². The number of carbonyl (C=O) groups excluding carboxylic acids is 1. The van der Waals surface area contributed by atoms with Gasteiger partial charge in [-0.2, -0.15) is 0 Å². The van der Waals surface area contributed by atoms with Gasteiger partial charge in [0.05, 0.1) is 6.21 Å². The molecule has 0 aromatic heterocycles. The van der Waals surface area contributed by atoms with Crippen molar-refractivity contribution in [2.24, 2.45) is 10.3 Å². The topological polar surface area (TPSA) is 99.5 Å². The second-order valence-electron chi connectivity index (χ2n) is 3.36. The molecule has 0 aliphatic carbocycles. The molecule has 1 aromatic carbocycles. The van der Waals surface area contributed by atoms with Gasteiger partial charge < -0.3 is 10.2 Å². The fraction of sp³-hybridized carbons (Fsp3) is 0.273. The molecular weight excluding hydrogens is 253 g/mol. The Kier molecular flexibility index (Phi) is 6.46. The van der Waals surface area contributed by atoms with E-state index < -0.39 is 0 Å². The molecule has 0 fully saturated rings. The lowest BCUT2D eigenvalue weighted by Gasteiger charge is -2.01. The normalized spacial score (nSPS) is 9.95.